The first-order valence-corrected chi connectivity index (χ1v) is 7.09. The number of hydrogen-bond donors (Lipinski definition) is 2. The van der Waals surface area contributed by atoms with E-state index in [0.717, 1.165) is 11.3 Å². The molecule has 1 amide bonds. The van der Waals surface area contributed by atoms with E-state index in [1.807, 2.05) is 0 Å². The quantitative estimate of drug-likeness (QED) is 0.901. The fourth-order valence-corrected chi connectivity index (χ4v) is 2.04. The Morgan fingerprint density at radius 2 is 1.96 bits per heavy atom. The van der Waals surface area contributed by atoms with Gasteiger partial charge < -0.3 is 19.2 Å². The lowest BCUT2D eigenvalue weighted by Crippen LogP contribution is -2.27. The Labute approximate surface area is 135 Å². The van der Waals surface area contributed by atoms with Gasteiger partial charge in [0, 0.05) is 5.56 Å². The smallest absolute Gasteiger partial charge is 0.412 e. The van der Waals surface area contributed by atoms with Gasteiger partial charge in [-0.3, -0.25) is 5.32 Å². The van der Waals surface area contributed by atoms with Gasteiger partial charge in [-0.25, -0.2) is 9.78 Å². The van der Waals surface area contributed by atoms with Crippen LogP contribution in [0.3, 0.4) is 0 Å². The molecule has 2 rings (SSSR count). The van der Waals surface area contributed by atoms with Crippen LogP contribution in [0, 0.1) is 0 Å². The lowest BCUT2D eigenvalue weighted by molar-refractivity contribution is 0.0635. The maximum Gasteiger partial charge on any atom is 0.412 e. The normalized spacial score (nSPS) is 11.0. The Balaban J connectivity index is 2.39. The highest BCUT2D eigenvalue weighted by Crippen LogP contribution is 2.39. The number of methoxy groups -OCH3 is 2. The highest BCUT2D eigenvalue weighted by molar-refractivity contribution is 5.89. The molecule has 1 aromatic heterocycles. The summed E-state index contributed by atoms with van der Waals surface area (Å²) in [5.41, 5.74) is 1.44. The van der Waals surface area contributed by atoms with E-state index in [2.05, 4.69) is 15.3 Å². The monoisotopic (exact) mass is 319 g/mol. The van der Waals surface area contributed by atoms with Crippen molar-refractivity contribution in [2.75, 3.05) is 19.5 Å². The van der Waals surface area contributed by atoms with Crippen molar-refractivity contribution in [2.45, 2.75) is 26.4 Å². The van der Waals surface area contributed by atoms with E-state index in [-0.39, 0.29) is 0 Å². The zero-order chi connectivity index (χ0) is 17.0. The minimum Gasteiger partial charge on any atom is -0.493 e. The summed E-state index contributed by atoms with van der Waals surface area (Å²) in [7, 11) is 3.04. The van der Waals surface area contributed by atoms with Crippen LogP contribution in [0.15, 0.2) is 24.7 Å². The highest BCUT2D eigenvalue weighted by Gasteiger charge is 2.20. The SMILES string of the molecule is COc1cc(-c2cnc[nH]2)cc(NC(=O)OC(C)(C)C)c1OC. The van der Waals surface area contributed by atoms with E-state index in [1.54, 1.807) is 45.4 Å². The van der Waals surface area contributed by atoms with E-state index < -0.39 is 11.7 Å². The molecule has 0 spiro atoms. The van der Waals surface area contributed by atoms with Crippen molar-refractivity contribution in [3.8, 4) is 22.8 Å². The predicted molar refractivity (Wildman–Crippen MR) is 87.0 cm³/mol. The van der Waals surface area contributed by atoms with E-state index in [1.165, 1.54) is 14.2 Å². The van der Waals surface area contributed by atoms with Crippen LogP contribution in [0.2, 0.25) is 0 Å². The molecule has 124 valence electrons. The molecule has 23 heavy (non-hydrogen) atoms. The second kappa shape index (κ2) is 6.60. The molecule has 0 saturated carbocycles. The molecule has 0 aliphatic carbocycles. The third-order valence-corrected chi connectivity index (χ3v) is 2.92. The summed E-state index contributed by atoms with van der Waals surface area (Å²) < 4.78 is 16.0. The number of aromatic amines is 1. The molecule has 1 aromatic carbocycles. The summed E-state index contributed by atoms with van der Waals surface area (Å²) in [5.74, 6) is 0.910. The van der Waals surface area contributed by atoms with Crippen LogP contribution in [0.1, 0.15) is 20.8 Å². The number of aromatic nitrogens is 2. The van der Waals surface area contributed by atoms with Crippen LogP contribution < -0.4 is 14.8 Å². The Kier molecular flexibility index (Phi) is 4.78. The van der Waals surface area contributed by atoms with Gasteiger partial charge in [0.15, 0.2) is 11.5 Å². The number of hydrogen-bond acceptors (Lipinski definition) is 5. The van der Waals surface area contributed by atoms with Crippen LogP contribution in [-0.4, -0.2) is 35.9 Å². The molecule has 0 aliphatic rings. The van der Waals surface area contributed by atoms with Crippen molar-refractivity contribution >= 4 is 11.8 Å². The summed E-state index contributed by atoms with van der Waals surface area (Å²) in [6.07, 6.45) is 2.69. The number of imidazole rings is 1. The minimum absolute atomic E-state index is 0.418. The Morgan fingerprint density at radius 1 is 1.22 bits per heavy atom. The van der Waals surface area contributed by atoms with Gasteiger partial charge in [0.05, 0.1) is 38.1 Å². The Morgan fingerprint density at radius 3 is 2.48 bits per heavy atom. The van der Waals surface area contributed by atoms with E-state index in [4.69, 9.17) is 14.2 Å². The maximum absolute atomic E-state index is 12.0. The van der Waals surface area contributed by atoms with Gasteiger partial charge in [-0.2, -0.15) is 0 Å². The average Bonchev–Trinajstić information content (AvgIpc) is 2.98. The van der Waals surface area contributed by atoms with Gasteiger partial charge in [0.1, 0.15) is 5.60 Å². The summed E-state index contributed by atoms with van der Waals surface area (Å²) in [6.45, 7) is 5.39. The van der Waals surface area contributed by atoms with Gasteiger partial charge in [0.2, 0.25) is 0 Å². The first-order chi connectivity index (χ1) is 10.8. The molecule has 0 saturated heterocycles. The zero-order valence-corrected chi connectivity index (χ0v) is 13.9. The third kappa shape index (κ3) is 4.15. The number of ether oxygens (including phenoxy) is 3. The summed E-state index contributed by atoms with van der Waals surface area (Å²) >= 11 is 0. The molecule has 2 N–H and O–H groups in total. The fraction of sp³-hybridized carbons (Fsp3) is 0.375. The van der Waals surface area contributed by atoms with Crippen LogP contribution in [-0.2, 0) is 4.74 Å². The molecule has 0 fully saturated rings. The van der Waals surface area contributed by atoms with Crippen molar-refractivity contribution in [1.29, 1.82) is 0 Å². The summed E-state index contributed by atoms with van der Waals surface area (Å²) in [6, 6.07) is 3.56. The number of H-pyrrole nitrogens is 1. The Hall–Kier alpha value is -2.70. The van der Waals surface area contributed by atoms with Crippen LogP contribution in [0.25, 0.3) is 11.3 Å². The number of carbonyl (C=O) groups is 1. The molecule has 0 radical (unpaired) electrons. The van der Waals surface area contributed by atoms with Crippen molar-refractivity contribution in [3.05, 3.63) is 24.7 Å². The highest BCUT2D eigenvalue weighted by atomic mass is 16.6. The second-order valence-corrected chi connectivity index (χ2v) is 5.85. The van der Waals surface area contributed by atoms with Gasteiger partial charge in [0.25, 0.3) is 0 Å². The van der Waals surface area contributed by atoms with Crippen molar-refractivity contribution in [1.82, 2.24) is 9.97 Å². The van der Waals surface area contributed by atoms with Crippen molar-refractivity contribution in [3.63, 3.8) is 0 Å². The standard InChI is InChI=1S/C16H21N3O4/c1-16(2,3)23-15(20)19-11-6-10(12-8-17-9-18-12)7-13(21-4)14(11)22-5/h6-9H,1-5H3,(H,17,18)(H,19,20). The van der Waals surface area contributed by atoms with E-state index in [9.17, 15) is 4.79 Å². The van der Waals surface area contributed by atoms with E-state index in [0.29, 0.717) is 17.2 Å². The van der Waals surface area contributed by atoms with Gasteiger partial charge >= 0.3 is 6.09 Å². The number of rotatable bonds is 4. The minimum atomic E-state index is -0.595. The molecule has 0 unspecified atom stereocenters. The lowest BCUT2D eigenvalue weighted by atomic mass is 10.1. The third-order valence-electron chi connectivity index (χ3n) is 2.92. The maximum atomic E-state index is 12.0. The molecule has 2 aromatic rings. The number of anilines is 1. The van der Waals surface area contributed by atoms with Gasteiger partial charge in [-0.1, -0.05) is 0 Å². The number of amides is 1. The van der Waals surface area contributed by atoms with Gasteiger partial charge in [-0.15, -0.1) is 0 Å². The first-order valence-electron chi connectivity index (χ1n) is 7.09. The summed E-state index contributed by atoms with van der Waals surface area (Å²) in [4.78, 5) is 19.0. The number of carbonyl (C=O) groups excluding carboxylic acids is 1. The largest absolute Gasteiger partial charge is 0.493 e. The number of benzene rings is 1. The molecule has 0 aliphatic heterocycles. The fourth-order valence-electron chi connectivity index (χ4n) is 2.04. The van der Waals surface area contributed by atoms with Crippen LogP contribution >= 0.6 is 0 Å². The molecule has 7 heteroatoms. The molecule has 7 nitrogen and oxygen atoms in total. The number of nitrogens with zero attached hydrogens (tertiary/aromatic N) is 1. The first kappa shape index (κ1) is 16.7. The molecule has 0 atom stereocenters. The summed E-state index contributed by atoms with van der Waals surface area (Å²) in [5, 5.41) is 2.69. The molecular weight excluding hydrogens is 298 g/mol. The van der Waals surface area contributed by atoms with Crippen LogP contribution in [0.4, 0.5) is 10.5 Å². The number of nitrogens with one attached hydrogen (secondary N) is 2. The van der Waals surface area contributed by atoms with Crippen molar-refractivity contribution in [2.24, 2.45) is 0 Å². The zero-order valence-electron chi connectivity index (χ0n) is 13.9. The lowest BCUT2D eigenvalue weighted by Gasteiger charge is -2.21. The van der Waals surface area contributed by atoms with Gasteiger partial charge in [-0.05, 0) is 32.9 Å². The average molecular weight is 319 g/mol. The second-order valence-electron chi connectivity index (χ2n) is 5.85. The van der Waals surface area contributed by atoms with E-state index >= 15 is 0 Å². The van der Waals surface area contributed by atoms with Crippen molar-refractivity contribution < 1.29 is 19.0 Å². The van der Waals surface area contributed by atoms with Crippen LogP contribution in [0.5, 0.6) is 11.5 Å². The predicted octanol–water partition coefficient (Wildman–Crippen LogP) is 3.44. The topological polar surface area (TPSA) is 85.5 Å². The Bertz CT molecular complexity index is 675. The molecule has 0 bridgehead atoms. The molecular formula is C16H21N3O4. The molecule has 1 heterocycles.